The predicted molar refractivity (Wildman–Crippen MR) is 93.1 cm³/mol. The number of esters is 1. The molecule has 0 saturated heterocycles. The first-order valence-electron chi connectivity index (χ1n) is 10.2. The average molecular weight is 335 g/mol. The number of carbonyl (C=O) groups is 1. The fraction of sp³-hybridized carbons (Fsp3) is 0.952. The second kappa shape index (κ2) is 6.00. The third-order valence-electron chi connectivity index (χ3n) is 8.13. The van der Waals surface area contributed by atoms with E-state index in [4.69, 9.17) is 9.47 Å². The van der Waals surface area contributed by atoms with Gasteiger partial charge >= 0.3 is 5.97 Å². The van der Waals surface area contributed by atoms with E-state index in [1.807, 2.05) is 27.7 Å². The number of fused-ring (bicyclic) bond motifs is 9. The SMILES string of the molecule is CCC(C)(C)C(=O)OC(C)OCC1CC2CC1C1C3CCC(C3)C21. The Morgan fingerprint density at radius 3 is 2.50 bits per heavy atom. The Bertz CT molecular complexity index is 499. The second-order valence-electron chi connectivity index (χ2n) is 9.69. The summed E-state index contributed by atoms with van der Waals surface area (Å²) in [5.41, 5.74) is -0.416. The molecular weight excluding hydrogens is 300 g/mol. The van der Waals surface area contributed by atoms with E-state index < -0.39 is 11.7 Å². The first-order chi connectivity index (χ1) is 11.4. The molecule has 0 aliphatic heterocycles. The normalized spacial score (nSPS) is 43.9. The van der Waals surface area contributed by atoms with Crippen LogP contribution in [0.25, 0.3) is 0 Å². The summed E-state index contributed by atoms with van der Waals surface area (Å²) in [4.78, 5) is 12.2. The Labute approximate surface area is 146 Å². The molecular formula is C21H34O3. The van der Waals surface area contributed by atoms with Crippen LogP contribution in [0.5, 0.6) is 0 Å². The Morgan fingerprint density at radius 1 is 1.08 bits per heavy atom. The number of hydrogen-bond acceptors (Lipinski definition) is 3. The first-order valence-corrected chi connectivity index (χ1v) is 10.2. The molecule has 4 bridgehead atoms. The molecule has 0 aromatic heterocycles. The molecule has 0 N–H and O–H groups in total. The van der Waals surface area contributed by atoms with E-state index in [0.717, 1.165) is 48.5 Å². The fourth-order valence-electron chi connectivity index (χ4n) is 6.64. The monoisotopic (exact) mass is 334 g/mol. The Morgan fingerprint density at radius 2 is 1.79 bits per heavy atom. The third-order valence-corrected chi connectivity index (χ3v) is 8.13. The van der Waals surface area contributed by atoms with Crippen molar-refractivity contribution in [1.29, 1.82) is 0 Å². The summed E-state index contributed by atoms with van der Waals surface area (Å²) in [5.74, 6) is 6.59. The van der Waals surface area contributed by atoms with Crippen LogP contribution in [0.1, 0.15) is 66.2 Å². The lowest BCUT2D eigenvalue weighted by molar-refractivity contribution is -0.188. The van der Waals surface area contributed by atoms with Gasteiger partial charge in [0.1, 0.15) is 0 Å². The van der Waals surface area contributed by atoms with E-state index in [9.17, 15) is 4.79 Å². The van der Waals surface area contributed by atoms with Crippen LogP contribution in [-0.4, -0.2) is 18.9 Å². The minimum absolute atomic E-state index is 0.140. The highest BCUT2D eigenvalue weighted by atomic mass is 16.7. The van der Waals surface area contributed by atoms with Crippen molar-refractivity contribution in [1.82, 2.24) is 0 Å². The smallest absolute Gasteiger partial charge is 0.313 e. The van der Waals surface area contributed by atoms with Gasteiger partial charge in [0, 0.05) is 0 Å². The molecule has 4 aliphatic carbocycles. The molecule has 0 spiro atoms. The fourth-order valence-corrected chi connectivity index (χ4v) is 6.64. The van der Waals surface area contributed by atoms with Crippen molar-refractivity contribution in [2.75, 3.05) is 6.61 Å². The number of ether oxygens (including phenoxy) is 2. The topological polar surface area (TPSA) is 35.5 Å². The molecule has 24 heavy (non-hydrogen) atoms. The number of carbonyl (C=O) groups excluding carboxylic acids is 1. The van der Waals surface area contributed by atoms with E-state index in [-0.39, 0.29) is 5.97 Å². The van der Waals surface area contributed by atoms with Crippen molar-refractivity contribution in [3.05, 3.63) is 0 Å². The number of hydrogen-bond donors (Lipinski definition) is 0. The van der Waals surface area contributed by atoms with Gasteiger partial charge in [-0.25, -0.2) is 0 Å². The average Bonchev–Trinajstić information content (AvgIpc) is 3.30. The van der Waals surface area contributed by atoms with E-state index in [0.29, 0.717) is 5.92 Å². The van der Waals surface area contributed by atoms with Crippen molar-refractivity contribution < 1.29 is 14.3 Å². The van der Waals surface area contributed by atoms with Gasteiger partial charge in [-0.1, -0.05) is 6.92 Å². The largest absolute Gasteiger partial charge is 0.436 e. The lowest BCUT2D eigenvalue weighted by Gasteiger charge is -2.38. The Kier molecular flexibility index (Phi) is 4.22. The lowest BCUT2D eigenvalue weighted by Crippen LogP contribution is -2.35. The maximum Gasteiger partial charge on any atom is 0.313 e. The maximum absolute atomic E-state index is 12.2. The molecule has 3 heteroatoms. The Balaban J connectivity index is 1.28. The van der Waals surface area contributed by atoms with Gasteiger partial charge in [0.15, 0.2) is 6.29 Å². The van der Waals surface area contributed by atoms with Crippen LogP contribution in [0, 0.1) is 46.8 Å². The van der Waals surface area contributed by atoms with Crippen LogP contribution in [0.15, 0.2) is 0 Å². The van der Waals surface area contributed by atoms with Crippen molar-refractivity contribution in [2.45, 2.75) is 72.5 Å². The molecule has 3 nitrogen and oxygen atoms in total. The first kappa shape index (κ1) is 16.9. The summed E-state index contributed by atoms with van der Waals surface area (Å²) in [6, 6.07) is 0. The van der Waals surface area contributed by atoms with Gasteiger partial charge in [-0.3, -0.25) is 4.79 Å². The van der Waals surface area contributed by atoms with Crippen LogP contribution in [0.3, 0.4) is 0 Å². The summed E-state index contributed by atoms with van der Waals surface area (Å²) in [6.45, 7) is 8.55. The quantitative estimate of drug-likeness (QED) is 0.403. The van der Waals surface area contributed by atoms with Crippen LogP contribution in [-0.2, 0) is 14.3 Å². The standard InChI is InChI=1S/C21H34O3/c1-5-21(3,4)20(22)24-12(2)23-11-16-9-15-10-17(16)19-14-7-6-13(8-14)18(15)19/h12-19H,5-11H2,1-4H3. The van der Waals surface area contributed by atoms with E-state index in [1.165, 1.54) is 32.1 Å². The molecule has 4 aliphatic rings. The zero-order valence-corrected chi connectivity index (χ0v) is 15.8. The molecule has 0 heterocycles. The highest BCUT2D eigenvalue weighted by Crippen LogP contribution is 2.68. The zero-order chi connectivity index (χ0) is 17.1. The van der Waals surface area contributed by atoms with Crippen LogP contribution >= 0.6 is 0 Å². The highest BCUT2D eigenvalue weighted by Gasteiger charge is 2.62. The molecule has 0 aromatic carbocycles. The van der Waals surface area contributed by atoms with Gasteiger partial charge in [-0.15, -0.1) is 0 Å². The van der Waals surface area contributed by atoms with Gasteiger partial charge in [-0.05, 0) is 101 Å². The highest BCUT2D eigenvalue weighted by molar-refractivity contribution is 5.75. The minimum atomic E-state index is -0.418. The molecule has 8 unspecified atom stereocenters. The van der Waals surface area contributed by atoms with Crippen molar-refractivity contribution in [2.24, 2.45) is 46.8 Å². The van der Waals surface area contributed by atoms with E-state index in [1.54, 1.807) is 0 Å². The minimum Gasteiger partial charge on any atom is -0.436 e. The molecule has 0 aromatic rings. The van der Waals surface area contributed by atoms with Gasteiger partial charge in [0.25, 0.3) is 0 Å². The van der Waals surface area contributed by atoms with Gasteiger partial charge in [0.2, 0.25) is 0 Å². The summed E-state index contributed by atoms with van der Waals surface area (Å²) < 4.78 is 11.5. The number of rotatable bonds is 6. The van der Waals surface area contributed by atoms with Crippen molar-refractivity contribution in [3.63, 3.8) is 0 Å². The summed E-state index contributed by atoms with van der Waals surface area (Å²) in [5, 5.41) is 0. The summed E-state index contributed by atoms with van der Waals surface area (Å²) in [7, 11) is 0. The van der Waals surface area contributed by atoms with Gasteiger partial charge in [-0.2, -0.15) is 0 Å². The van der Waals surface area contributed by atoms with Gasteiger partial charge < -0.3 is 9.47 Å². The predicted octanol–water partition coefficient (Wildman–Crippen LogP) is 4.65. The lowest BCUT2D eigenvalue weighted by atomic mass is 9.68. The van der Waals surface area contributed by atoms with Crippen LogP contribution in [0.2, 0.25) is 0 Å². The van der Waals surface area contributed by atoms with Crippen molar-refractivity contribution >= 4 is 5.97 Å². The van der Waals surface area contributed by atoms with Crippen molar-refractivity contribution in [3.8, 4) is 0 Å². The Hall–Kier alpha value is -0.570. The second-order valence-corrected chi connectivity index (χ2v) is 9.69. The maximum atomic E-state index is 12.2. The van der Waals surface area contributed by atoms with Gasteiger partial charge in [0.05, 0.1) is 12.0 Å². The molecule has 8 atom stereocenters. The molecule has 4 rings (SSSR count). The zero-order valence-electron chi connectivity index (χ0n) is 15.8. The van der Waals surface area contributed by atoms with Crippen LogP contribution in [0.4, 0.5) is 0 Å². The summed E-state index contributed by atoms with van der Waals surface area (Å²) in [6.07, 6.45) is 7.70. The summed E-state index contributed by atoms with van der Waals surface area (Å²) >= 11 is 0. The van der Waals surface area contributed by atoms with E-state index in [2.05, 4.69) is 0 Å². The molecule has 4 saturated carbocycles. The molecule has 136 valence electrons. The van der Waals surface area contributed by atoms with E-state index >= 15 is 0 Å². The molecule has 4 fully saturated rings. The van der Waals surface area contributed by atoms with Crippen LogP contribution < -0.4 is 0 Å². The molecule has 0 radical (unpaired) electrons. The third kappa shape index (κ3) is 2.62. The molecule has 0 amide bonds.